The molecule has 25 heavy (non-hydrogen) atoms. The maximum Gasteiger partial charge on any atom is 1.00 e. The molecule has 6 nitrogen and oxygen atoms in total. The summed E-state index contributed by atoms with van der Waals surface area (Å²) >= 11 is 0. The van der Waals surface area contributed by atoms with E-state index in [-0.39, 0.29) is 37.6 Å². The molecule has 0 aliphatic rings. The smallest absolute Gasteiger partial charge is 1.00 e. The zero-order chi connectivity index (χ0) is 18.8. The van der Waals surface area contributed by atoms with Gasteiger partial charge in [-0.25, -0.2) is 0 Å². The summed E-state index contributed by atoms with van der Waals surface area (Å²) in [6, 6.07) is 7.59. The zero-order valence-electron chi connectivity index (χ0n) is 16.7. The van der Waals surface area contributed by atoms with Crippen molar-refractivity contribution in [1.29, 1.82) is 0 Å². The van der Waals surface area contributed by atoms with Crippen LogP contribution in [0.15, 0.2) is 24.3 Å². The van der Waals surface area contributed by atoms with Gasteiger partial charge in [-0.05, 0) is 37.5 Å². The van der Waals surface area contributed by atoms with E-state index in [0.29, 0.717) is 5.75 Å². The Bertz CT molecular complexity index is 475. The topological polar surface area (TPSA) is 115 Å². The molecule has 1 aromatic rings. The van der Waals surface area contributed by atoms with E-state index < -0.39 is 10.4 Å². The summed E-state index contributed by atoms with van der Waals surface area (Å²) in [5.41, 5.74) is 1.34. The fourth-order valence-corrected chi connectivity index (χ4v) is 1.95. The van der Waals surface area contributed by atoms with Crippen LogP contribution in [0.5, 0.6) is 5.75 Å². The monoisotopic (exact) mass is 388 g/mol. The van der Waals surface area contributed by atoms with Gasteiger partial charge in [0.25, 0.3) is 0 Å². The predicted octanol–water partition coefficient (Wildman–Crippen LogP) is 1.15. The number of hydrogen-bond acceptors (Lipinski definition) is 4. The molecule has 0 saturated carbocycles. The third-order valence-corrected chi connectivity index (χ3v) is 3.01. The van der Waals surface area contributed by atoms with Crippen molar-refractivity contribution >= 4 is 10.4 Å². The molecule has 1 aromatic carbocycles. The molecule has 144 valence electrons. The molecule has 8 heteroatoms. The number of benzene rings is 1. The standard InChI is InChI=1S/C15H24O.C2H6O.Na.H2O4S.H/c1-2-3-4-5-6-7-8-9-14-10-12-15(16)13-11-14;1-2-3;;1-5(2,3)4;/h10-13,16H,2-9H2,1H3;3H,2H2,1H3;;(H2,1,2,3,4);/q;;+1;;-1. The van der Waals surface area contributed by atoms with Gasteiger partial charge in [0.2, 0.25) is 0 Å². The Morgan fingerprint density at radius 1 is 0.880 bits per heavy atom. The van der Waals surface area contributed by atoms with E-state index in [0.717, 1.165) is 6.42 Å². The van der Waals surface area contributed by atoms with Crippen molar-refractivity contribution in [3.8, 4) is 5.75 Å². The average Bonchev–Trinajstić information content (AvgIpc) is 2.47. The number of phenolic OH excluding ortho intramolecular Hbond substituents is 1. The van der Waals surface area contributed by atoms with E-state index >= 15 is 0 Å². The maximum absolute atomic E-state index is 9.15. The van der Waals surface area contributed by atoms with Crippen molar-refractivity contribution in [1.82, 2.24) is 0 Å². The molecule has 0 amide bonds. The molecule has 4 N–H and O–H groups in total. The van der Waals surface area contributed by atoms with E-state index in [1.807, 2.05) is 12.1 Å². The summed E-state index contributed by atoms with van der Waals surface area (Å²) in [4.78, 5) is 0. The van der Waals surface area contributed by atoms with Gasteiger partial charge in [0.05, 0.1) is 0 Å². The first-order valence-corrected chi connectivity index (χ1v) is 9.72. The van der Waals surface area contributed by atoms with E-state index in [4.69, 9.17) is 27.7 Å². The maximum atomic E-state index is 9.15. The van der Waals surface area contributed by atoms with Gasteiger partial charge in [-0.2, -0.15) is 8.42 Å². The first-order chi connectivity index (χ1) is 11.2. The first kappa shape index (κ1) is 29.6. The van der Waals surface area contributed by atoms with Crippen LogP contribution in [0.25, 0.3) is 0 Å². The summed E-state index contributed by atoms with van der Waals surface area (Å²) in [5, 5.41) is 16.7. The minimum Gasteiger partial charge on any atom is -1.00 e. The average molecular weight is 389 g/mol. The zero-order valence-corrected chi connectivity index (χ0v) is 18.5. The van der Waals surface area contributed by atoms with Crippen LogP contribution in [0, 0.1) is 0 Å². The van der Waals surface area contributed by atoms with Crippen molar-refractivity contribution < 1.29 is 58.7 Å². The van der Waals surface area contributed by atoms with E-state index in [9.17, 15) is 0 Å². The Morgan fingerprint density at radius 2 is 1.24 bits per heavy atom. The second-order valence-corrected chi connectivity index (χ2v) is 6.20. The van der Waals surface area contributed by atoms with Gasteiger partial charge >= 0.3 is 40.0 Å². The number of aliphatic hydroxyl groups is 1. The molecule has 0 saturated heterocycles. The van der Waals surface area contributed by atoms with Crippen LogP contribution in [0.2, 0.25) is 0 Å². The number of rotatable bonds is 8. The van der Waals surface area contributed by atoms with Crippen LogP contribution in [-0.2, 0) is 16.8 Å². The Balaban J connectivity index is -0.000000207. The van der Waals surface area contributed by atoms with Crippen LogP contribution in [-0.4, -0.2) is 34.3 Å². The van der Waals surface area contributed by atoms with Gasteiger partial charge in [0, 0.05) is 6.61 Å². The molecule has 1 rings (SSSR count). The van der Waals surface area contributed by atoms with E-state index in [1.54, 1.807) is 19.1 Å². The molecular weight excluding hydrogens is 355 g/mol. The third-order valence-electron chi connectivity index (χ3n) is 3.01. The molecule has 0 aliphatic heterocycles. The number of phenols is 1. The Hall–Kier alpha value is -0.150. The number of hydrogen-bond donors (Lipinski definition) is 4. The third kappa shape index (κ3) is 32.0. The number of unbranched alkanes of at least 4 members (excludes halogenated alkanes) is 6. The van der Waals surface area contributed by atoms with Crippen molar-refractivity contribution in [2.75, 3.05) is 6.61 Å². The van der Waals surface area contributed by atoms with Gasteiger partial charge in [-0.15, -0.1) is 0 Å². The molecule has 0 unspecified atom stereocenters. The molecule has 0 heterocycles. The quantitative estimate of drug-likeness (QED) is 0.302. The van der Waals surface area contributed by atoms with Crippen molar-refractivity contribution in [3.63, 3.8) is 0 Å². The van der Waals surface area contributed by atoms with Gasteiger partial charge in [-0.3, -0.25) is 9.11 Å². The molecule has 0 bridgehead atoms. The van der Waals surface area contributed by atoms with Crippen LogP contribution in [0.1, 0.15) is 65.8 Å². The molecule has 0 aliphatic carbocycles. The summed E-state index contributed by atoms with van der Waals surface area (Å²) in [5.74, 6) is 0.364. The molecule has 0 fully saturated rings. The molecular formula is C17H33NaO6S. The Kier molecular flexibility index (Phi) is 23.9. The number of aryl methyl sites for hydroxylation is 1. The largest absolute Gasteiger partial charge is 1.00 e. The number of aromatic hydroxyl groups is 1. The SMILES string of the molecule is CCCCCCCCCc1ccc(O)cc1.CCO.O=S(=O)(O)O.[H-].[Na+]. The van der Waals surface area contributed by atoms with Crippen molar-refractivity contribution in [2.24, 2.45) is 0 Å². The summed E-state index contributed by atoms with van der Waals surface area (Å²) in [6.45, 7) is 4.19. The second-order valence-electron chi connectivity index (χ2n) is 5.30. The van der Waals surface area contributed by atoms with Gasteiger partial charge in [-0.1, -0.05) is 57.6 Å². The summed E-state index contributed by atoms with van der Waals surface area (Å²) in [7, 11) is -4.67. The predicted molar refractivity (Wildman–Crippen MR) is 97.9 cm³/mol. The molecule has 0 radical (unpaired) electrons. The van der Waals surface area contributed by atoms with Crippen molar-refractivity contribution in [2.45, 2.75) is 65.2 Å². The first-order valence-electron chi connectivity index (χ1n) is 8.33. The van der Waals surface area contributed by atoms with Gasteiger partial charge < -0.3 is 11.6 Å². The van der Waals surface area contributed by atoms with Crippen LogP contribution >= 0.6 is 0 Å². The van der Waals surface area contributed by atoms with Gasteiger partial charge in [0.15, 0.2) is 0 Å². The van der Waals surface area contributed by atoms with Crippen LogP contribution in [0.3, 0.4) is 0 Å². The Labute approximate surface area is 176 Å². The Morgan fingerprint density at radius 3 is 1.64 bits per heavy atom. The van der Waals surface area contributed by atoms with Crippen LogP contribution in [0.4, 0.5) is 0 Å². The fourth-order valence-electron chi connectivity index (χ4n) is 1.95. The minimum absolute atomic E-state index is 0. The molecule has 0 aromatic heterocycles. The molecule has 0 spiro atoms. The normalized spacial score (nSPS) is 9.80. The van der Waals surface area contributed by atoms with Crippen molar-refractivity contribution in [3.05, 3.63) is 29.8 Å². The molecule has 0 atom stereocenters. The minimum atomic E-state index is -4.67. The second kappa shape index (κ2) is 20.2. The number of aliphatic hydroxyl groups excluding tert-OH is 1. The van der Waals surface area contributed by atoms with E-state index in [2.05, 4.69) is 6.92 Å². The fraction of sp³-hybridized carbons (Fsp3) is 0.647. The van der Waals surface area contributed by atoms with Crippen LogP contribution < -0.4 is 29.6 Å². The summed E-state index contributed by atoms with van der Waals surface area (Å²) in [6.07, 6.45) is 10.6. The summed E-state index contributed by atoms with van der Waals surface area (Å²) < 4.78 is 31.6. The van der Waals surface area contributed by atoms with E-state index in [1.165, 1.54) is 50.5 Å². The van der Waals surface area contributed by atoms with Gasteiger partial charge in [0.1, 0.15) is 5.75 Å².